The van der Waals surface area contributed by atoms with Crippen LogP contribution in [-0.2, 0) is 14.3 Å². The highest BCUT2D eigenvalue weighted by atomic mass is 16.6. The fourth-order valence-electron chi connectivity index (χ4n) is 4.32. The van der Waals surface area contributed by atoms with E-state index in [1.807, 2.05) is 74.5 Å². The normalized spacial score (nSPS) is 12.9. The minimum atomic E-state index is -1.28. The van der Waals surface area contributed by atoms with Gasteiger partial charge in [0.2, 0.25) is 5.91 Å². The largest absolute Gasteiger partial charge is 0.444 e. The predicted molar refractivity (Wildman–Crippen MR) is 153 cm³/mol. The van der Waals surface area contributed by atoms with Crippen molar-refractivity contribution < 1.29 is 24.2 Å². The summed E-state index contributed by atoms with van der Waals surface area (Å²) in [5.74, 6) is -0.966. The van der Waals surface area contributed by atoms with Gasteiger partial charge in [0.05, 0.1) is 6.61 Å². The van der Waals surface area contributed by atoms with Gasteiger partial charge in [-0.25, -0.2) is 4.79 Å². The van der Waals surface area contributed by atoms with E-state index >= 15 is 0 Å². The highest BCUT2D eigenvalue weighted by molar-refractivity contribution is 6.00. The molecule has 3 amide bonds. The van der Waals surface area contributed by atoms with Gasteiger partial charge < -0.3 is 25.4 Å². The van der Waals surface area contributed by atoms with Gasteiger partial charge in [0.25, 0.3) is 5.91 Å². The Balaban J connectivity index is 1.98. The van der Waals surface area contributed by atoms with Gasteiger partial charge in [0, 0.05) is 12.2 Å². The zero-order chi connectivity index (χ0) is 28.6. The van der Waals surface area contributed by atoms with Crippen molar-refractivity contribution in [3.63, 3.8) is 0 Å². The molecule has 0 saturated heterocycles. The number of nitrogens with one attached hydrogen (secondary N) is 2. The first-order valence-electron chi connectivity index (χ1n) is 13.3. The number of aryl methyl sites for hydroxylation is 1. The van der Waals surface area contributed by atoms with Crippen molar-refractivity contribution in [1.29, 1.82) is 0 Å². The van der Waals surface area contributed by atoms with Gasteiger partial charge in [-0.15, -0.1) is 0 Å². The standard InChI is InChI=1S/C31H39N3O5/c1-6-7-17-34(29(37)26(20-35)33-30(38)39-31(3,4)5)27(24-14-10-11-21(2)18-24)28(36)32-25-16-15-22-12-8-9-13-23(22)19-25/h8-16,18-19,26-27,35H,6-7,17,20H2,1-5H3,(H,32,36)(H,33,38). The lowest BCUT2D eigenvalue weighted by atomic mass is 10.00. The summed E-state index contributed by atoms with van der Waals surface area (Å²) in [6.45, 7) is 8.64. The lowest BCUT2D eigenvalue weighted by Crippen LogP contribution is -2.54. The fourth-order valence-corrected chi connectivity index (χ4v) is 4.32. The molecule has 0 heterocycles. The van der Waals surface area contributed by atoms with E-state index in [2.05, 4.69) is 10.6 Å². The van der Waals surface area contributed by atoms with E-state index in [-0.39, 0.29) is 6.54 Å². The number of amides is 3. The number of carbonyl (C=O) groups excluding carboxylic acids is 3. The molecule has 0 saturated carbocycles. The van der Waals surface area contributed by atoms with E-state index < -0.39 is 42.2 Å². The number of aliphatic hydroxyl groups excluding tert-OH is 1. The van der Waals surface area contributed by atoms with Crippen LogP contribution >= 0.6 is 0 Å². The molecular formula is C31H39N3O5. The predicted octanol–water partition coefficient (Wildman–Crippen LogP) is 5.34. The molecule has 0 aliphatic heterocycles. The Bertz CT molecular complexity index is 1300. The molecule has 3 rings (SSSR count). The Kier molecular flexibility index (Phi) is 10.1. The number of carbonyl (C=O) groups is 3. The summed E-state index contributed by atoms with van der Waals surface area (Å²) in [6, 6.07) is 18.6. The van der Waals surface area contributed by atoms with Crippen molar-refractivity contribution in [3.05, 3.63) is 77.9 Å². The van der Waals surface area contributed by atoms with Crippen LogP contribution in [0.25, 0.3) is 10.8 Å². The Morgan fingerprint density at radius 2 is 1.69 bits per heavy atom. The first-order chi connectivity index (χ1) is 18.5. The lowest BCUT2D eigenvalue weighted by molar-refractivity contribution is -0.141. The second-order valence-corrected chi connectivity index (χ2v) is 10.6. The van der Waals surface area contributed by atoms with Crippen LogP contribution in [0, 0.1) is 6.92 Å². The molecule has 0 aliphatic carbocycles. The van der Waals surface area contributed by atoms with E-state index in [4.69, 9.17) is 4.74 Å². The first-order valence-corrected chi connectivity index (χ1v) is 13.3. The molecule has 0 aromatic heterocycles. The molecule has 3 aromatic rings. The van der Waals surface area contributed by atoms with Crippen LogP contribution in [0.2, 0.25) is 0 Å². The van der Waals surface area contributed by atoms with E-state index in [1.165, 1.54) is 4.90 Å². The molecule has 3 N–H and O–H groups in total. The minimum absolute atomic E-state index is 0.256. The van der Waals surface area contributed by atoms with Gasteiger partial charge in [0.15, 0.2) is 0 Å². The van der Waals surface area contributed by atoms with Crippen molar-refractivity contribution in [2.45, 2.75) is 65.1 Å². The summed E-state index contributed by atoms with van der Waals surface area (Å²) in [5, 5.41) is 17.5. The Morgan fingerprint density at radius 1 is 0.974 bits per heavy atom. The Labute approximate surface area is 230 Å². The van der Waals surface area contributed by atoms with Crippen LogP contribution in [-0.4, -0.2) is 52.7 Å². The SMILES string of the molecule is CCCCN(C(=O)C(CO)NC(=O)OC(C)(C)C)C(C(=O)Nc1ccc2ccccc2c1)c1cccc(C)c1. The number of alkyl carbamates (subject to hydrolysis) is 1. The number of benzene rings is 3. The molecule has 0 radical (unpaired) electrons. The highest BCUT2D eigenvalue weighted by Gasteiger charge is 2.36. The van der Waals surface area contributed by atoms with Gasteiger partial charge in [-0.3, -0.25) is 9.59 Å². The van der Waals surface area contributed by atoms with Crippen LogP contribution in [0.4, 0.5) is 10.5 Å². The average Bonchev–Trinajstić information content (AvgIpc) is 2.88. The smallest absolute Gasteiger partial charge is 0.408 e. The van der Waals surface area contributed by atoms with Crippen molar-refractivity contribution in [3.8, 4) is 0 Å². The van der Waals surface area contributed by atoms with Crippen molar-refractivity contribution in [2.75, 3.05) is 18.5 Å². The molecule has 0 aliphatic rings. The summed E-state index contributed by atoms with van der Waals surface area (Å²) in [6.07, 6.45) is 0.583. The molecule has 39 heavy (non-hydrogen) atoms. The number of hydrogen-bond acceptors (Lipinski definition) is 5. The van der Waals surface area contributed by atoms with Crippen LogP contribution in [0.3, 0.4) is 0 Å². The lowest BCUT2D eigenvalue weighted by Gasteiger charge is -2.34. The van der Waals surface area contributed by atoms with Gasteiger partial charge in [-0.2, -0.15) is 0 Å². The molecule has 2 atom stereocenters. The van der Waals surface area contributed by atoms with E-state index in [0.717, 1.165) is 22.8 Å². The monoisotopic (exact) mass is 533 g/mol. The fraction of sp³-hybridized carbons (Fsp3) is 0.387. The molecule has 0 spiro atoms. The van der Waals surface area contributed by atoms with E-state index in [9.17, 15) is 19.5 Å². The number of ether oxygens (including phenoxy) is 1. The van der Waals surface area contributed by atoms with Crippen molar-refractivity contribution in [2.24, 2.45) is 0 Å². The molecule has 2 unspecified atom stereocenters. The van der Waals surface area contributed by atoms with Crippen LogP contribution in [0.1, 0.15) is 57.7 Å². The molecule has 8 heteroatoms. The minimum Gasteiger partial charge on any atom is -0.444 e. The number of unbranched alkanes of at least 4 members (excludes halogenated alkanes) is 1. The number of hydrogen-bond donors (Lipinski definition) is 3. The van der Waals surface area contributed by atoms with Crippen LogP contribution in [0.5, 0.6) is 0 Å². The summed E-state index contributed by atoms with van der Waals surface area (Å²) in [5.41, 5.74) is 1.39. The summed E-state index contributed by atoms with van der Waals surface area (Å²) < 4.78 is 5.29. The molecule has 3 aromatic carbocycles. The summed E-state index contributed by atoms with van der Waals surface area (Å²) in [4.78, 5) is 41.6. The Morgan fingerprint density at radius 3 is 2.33 bits per heavy atom. The van der Waals surface area contributed by atoms with Gasteiger partial charge in [-0.1, -0.05) is 73.5 Å². The first kappa shape index (κ1) is 29.6. The zero-order valence-electron chi connectivity index (χ0n) is 23.4. The second-order valence-electron chi connectivity index (χ2n) is 10.6. The third kappa shape index (κ3) is 8.29. The number of fused-ring (bicyclic) bond motifs is 1. The van der Waals surface area contributed by atoms with Gasteiger partial charge in [-0.05, 0) is 62.6 Å². The number of rotatable bonds is 10. The average molecular weight is 534 g/mol. The van der Waals surface area contributed by atoms with Crippen molar-refractivity contribution in [1.82, 2.24) is 10.2 Å². The topological polar surface area (TPSA) is 108 Å². The number of nitrogens with zero attached hydrogens (tertiary/aromatic N) is 1. The summed E-state index contributed by atoms with van der Waals surface area (Å²) in [7, 11) is 0. The molecule has 208 valence electrons. The van der Waals surface area contributed by atoms with Crippen molar-refractivity contribution >= 4 is 34.4 Å². The second kappa shape index (κ2) is 13.2. The quantitative estimate of drug-likeness (QED) is 0.326. The van der Waals surface area contributed by atoms with Gasteiger partial charge in [0.1, 0.15) is 17.7 Å². The number of anilines is 1. The van der Waals surface area contributed by atoms with Crippen LogP contribution < -0.4 is 10.6 Å². The molecular weight excluding hydrogens is 494 g/mol. The Hall–Kier alpha value is -3.91. The summed E-state index contributed by atoms with van der Waals surface area (Å²) >= 11 is 0. The van der Waals surface area contributed by atoms with Gasteiger partial charge >= 0.3 is 6.09 Å². The van der Waals surface area contributed by atoms with E-state index in [1.54, 1.807) is 26.8 Å². The highest BCUT2D eigenvalue weighted by Crippen LogP contribution is 2.27. The van der Waals surface area contributed by atoms with Crippen LogP contribution in [0.15, 0.2) is 66.7 Å². The zero-order valence-corrected chi connectivity index (χ0v) is 23.4. The maximum absolute atomic E-state index is 13.9. The molecule has 0 fully saturated rings. The van der Waals surface area contributed by atoms with E-state index in [0.29, 0.717) is 17.7 Å². The molecule has 0 bridgehead atoms. The third-order valence-electron chi connectivity index (χ3n) is 6.14. The maximum Gasteiger partial charge on any atom is 0.408 e. The number of aliphatic hydroxyl groups is 1. The third-order valence-corrected chi connectivity index (χ3v) is 6.14. The maximum atomic E-state index is 13.9. The molecule has 8 nitrogen and oxygen atoms in total.